The average Bonchev–Trinajstić information content (AvgIpc) is 2.17. The fourth-order valence-electron chi connectivity index (χ4n) is 2.35. The van der Waals surface area contributed by atoms with E-state index in [0.29, 0.717) is 6.10 Å². The number of ether oxygens (including phenoxy) is 1. The molecule has 1 aliphatic carbocycles. The van der Waals surface area contributed by atoms with Crippen LogP contribution in [0.5, 0.6) is 0 Å². The third-order valence-electron chi connectivity index (χ3n) is 3.13. The lowest BCUT2D eigenvalue weighted by Gasteiger charge is -2.32. The Balaban J connectivity index is 2.50. The van der Waals surface area contributed by atoms with E-state index in [-0.39, 0.29) is 11.7 Å². The van der Waals surface area contributed by atoms with Crippen molar-refractivity contribution in [2.24, 2.45) is 5.92 Å². The number of rotatable bonds is 4. The van der Waals surface area contributed by atoms with Gasteiger partial charge in [0.25, 0.3) is 0 Å². The summed E-state index contributed by atoms with van der Waals surface area (Å²) in [4.78, 5) is 11.9. The summed E-state index contributed by atoms with van der Waals surface area (Å²) in [6.07, 6.45) is 6.35. The number of hydrogen-bond donors (Lipinski definition) is 0. The molecule has 1 rings (SSSR count). The van der Waals surface area contributed by atoms with Gasteiger partial charge in [-0.1, -0.05) is 33.1 Å². The molecule has 15 heavy (non-hydrogen) atoms. The molecule has 0 heterocycles. The van der Waals surface area contributed by atoms with Gasteiger partial charge in [-0.15, -0.1) is 0 Å². The molecule has 1 aliphatic rings. The first kappa shape index (κ1) is 12.7. The lowest BCUT2D eigenvalue weighted by atomic mass is 9.92. The Morgan fingerprint density at radius 1 is 1.20 bits per heavy atom. The quantitative estimate of drug-likeness (QED) is 0.714. The lowest BCUT2D eigenvalue weighted by molar-refractivity contribution is -0.152. The van der Waals surface area contributed by atoms with Crippen LogP contribution in [-0.4, -0.2) is 17.5 Å². The van der Waals surface area contributed by atoms with E-state index in [1.165, 1.54) is 19.3 Å². The number of hydrogen-bond acceptors (Lipinski definition) is 2. The predicted molar refractivity (Wildman–Crippen MR) is 61.9 cm³/mol. The molecule has 1 saturated carbocycles. The number of carbonyl (C=O) groups is 1. The van der Waals surface area contributed by atoms with Gasteiger partial charge in [-0.05, 0) is 26.7 Å². The van der Waals surface area contributed by atoms with E-state index < -0.39 is 5.60 Å². The standard InChI is InChI=1S/C13H24O2/c1-10(2)12(14)13(3,4)15-11-8-6-5-7-9-11/h10-11H,5-9H2,1-4H3. The first-order valence-electron chi connectivity index (χ1n) is 6.15. The van der Waals surface area contributed by atoms with Crippen LogP contribution in [0.15, 0.2) is 0 Å². The third kappa shape index (κ3) is 3.60. The van der Waals surface area contributed by atoms with Crippen LogP contribution in [0.2, 0.25) is 0 Å². The molecule has 0 aromatic carbocycles. The highest BCUT2D eigenvalue weighted by molar-refractivity contribution is 5.88. The third-order valence-corrected chi connectivity index (χ3v) is 3.13. The summed E-state index contributed by atoms with van der Waals surface area (Å²) >= 11 is 0. The first-order valence-corrected chi connectivity index (χ1v) is 6.15. The van der Waals surface area contributed by atoms with E-state index in [1.807, 2.05) is 27.7 Å². The largest absolute Gasteiger partial charge is 0.365 e. The van der Waals surface area contributed by atoms with Crippen molar-refractivity contribution >= 4 is 5.78 Å². The Labute approximate surface area is 93.4 Å². The van der Waals surface area contributed by atoms with Crippen molar-refractivity contribution in [3.63, 3.8) is 0 Å². The zero-order chi connectivity index (χ0) is 11.5. The van der Waals surface area contributed by atoms with Gasteiger partial charge in [0.2, 0.25) is 0 Å². The molecule has 0 spiro atoms. The minimum atomic E-state index is -0.601. The molecule has 0 bridgehead atoms. The molecule has 0 unspecified atom stereocenters. The molecular weight excluding hydrogens is 188 g/mol. The van der Waals surface area contributed by atoms with Crippen molar-refractivity contribution in [1.82, 2.24) is 0 Å². The lowest BCUT2D eigenvalue weighted by Crippen LogP contribution is -2.41. The normalized spacial score (nSPS) is 19.5. The maximum absolute atomic E-state index is 11.9. The smallest absolute Gasteiger partial charge is 0.166 e. The second-order valence-corrected chi connectivity index (χ2v) is 5.41. The summed E-state index contributed by atoms with van der Waals surface area (Å²) in [6.45, 7) is 7.69. The summed E-state index contributed by atoms with van der Waals surface area (Å²) < 4.78 is 5.95. The van der Waals surface area contributed by atoms with E-state index >= 15 is 0 Å². The van der Waals surface area contributed by atoms with Crippen LogP contribution >= 0.6 is 0 Å². The molecule has 0 atom stereocenters. The Kier molecular flexibility index (Phi) is 4.32. The van der Waals surface area contributed by atoms with Crippen molar-refractivity contribution in [2.45, 2.75) is 71.5 Å². The molecule has 0 N–H and O–H groups in total. The van der Waals surface area contributed by atoms with Gasteiger partial charge < -0.3 is 4.74 Å². The fourth-order valence-corrected chi connectivity index (χ4v) is 2.35. The minimum Gasteiger partial charge on any atom is -0.365 e. The van der Waals surface area contributed by atoms with E-state index in [2.05, 4.69) is 0 Å². The molecule has 2 nitrogen and oxygen atoms in total. The summed E-state index contributed by atoms with van der Waals surface area (Å²) in [6, 6.07) is 0. The molecule has 0 aromatic rings. The van der Waals surface area contributed by atoms with Crippen LogP contribution in [0.1, 0.15) is 59.8 Å². The van der Waals surface area contributed by atoms with Crippen molar-refractivity contribution in [2.75, 3.05) is 0 Å². The van der Waals surface area contributed by atoms with Crippen molar-refractivity contribution in [3.8, 4) is 0 Å². The highest BCUT2D eigenvalue weighted by Gasteiger charge is 2.33. The molecule has 88 valence electrons. The second kappa shape index (κ2) is 5.11. The zero-order valence-electron chi connectivity index (χ0n) is 10.5. The SMILES string of the molecule is CC(C)C(=O)C(C)(C)OC1CCCCC1. The first-order chi connectivity index (χ1) is 6.93. The van der Waals surface area contributed by atoms with Crippen molar-refractivity contribution in [3.05, 3.63) is 0 Å². The van der Waals surface area contributed by atoms with E-state index in [4.69, 9.17) is 4.74 Å². The Morgan fingerprint density at radius 3 is 2.20 bits per heavy atom. The maximum Gasteiger partial charge on any atom is 0.166 e. The monoisotopic (exact) mass is 212 g/mol. The molecule has 1 fully saturated rings. The summed E-state index contributed by atoms with van der Waals surface area (Å²) in [7, 11) is 0. The maximum atomic E-state index is 11.9. The average molecular weight is 212 g/mol. The Hall–Kier alpha value is -0.370. The van der Waals surface area contributed by atoms with Crippen molar-refractivity contribution in [1.29, 1.82) is 0 Å². The van der Waals surface area contributed by atoms with Crippen molar-refractivity contribution < 1.29 is 9.53 Å². The summed E-state index contributed by atoms with van der Waals surface area (Å²) in [5.74, 6) is 0.275. The van der Waals surface area contributed by atoms with Gasteiger partial charge in [-0.2, -0.15) is 0 Å². The topological polar surface area (TPSA) is 26.3 Å². The van der Waals surface area contributed by atoms with E-state index in [1.54, 1.807) is 0 Å². The van der Waals surface area contributed by atoms with Gasteiger partial charge in [0, 0.05) is 5.92 Å². The fraction of sp³-hybridized carbons (Fsp3) is 0.923. The number of carbonyl (C=O) groups excluding carboxylic acids is 1. The van der Waals surface area contributed by atoms with Gasteiger partial charge in [0.15, 0.2) is 5.78 Å². The zero-order valence-corrected chi connectivity index (χ0v) is 10.5. The van der Waals surface area contributed by atoms with Gasteiger partial charge in [0.1, 0.15) is 5.60 Å². The molecule has 0 saturated heterocycles. The van der Waals surface area contributed by atoms with Crippen LogP contribution < -0.4 is 0 Å². The molecule has 0 amide bonds. The van der Waals surface area contributed by atoms with Crippen LogP contribution in [-0.2, 0) is 9.53 Å². The number of Topliss-reactive ketones (excluding diaryl/α,β-unsaturated/α-hetero) is 1. The predicted octanol–water partition coefficient (Wildman–Crippen LogP) is 3.34. The van der Waals surface area contributed by atoms with Gasteiger partial charge in [0.05, 0.1) is 6.10 Å². The summed E-state index contributed by atoms with van der Waals surface area (Å²) in [5, 5.41) is 0. The van der Waals surface area contributed by atoms with E-state index in [0.717, 1.165) is 12.8 Å². The van der Waals surface area contributed by atoms with Gasteiger partial charge in [-0.3, -0.25) is 4.79 Å². The van der Waals surface area contributed by atoms with Crippen LogP contribution in [0.25, 0.3) is 0 Å². The second-order valence-electron chi connectivity index (χ2n) is 5.41. The molecule has 0 aromatic heterocycles. The molecular formula is C13H24O2. The van der Waals surface area contributed by atoms with E-state index in [9.17, 15) is 4.79 Å². The minimum absolute atomic E-state index is 0.0589. The highest BCUT2D eigenvalue weighted by atomic mass is 16.5. The molecule has 2 heteroatoms. The van der Waals surface area contributed by atoms with Gasteiger partial charge >= 0.3 is 0 Å². The van der Waals surface area contributed by atoms with Crippen LogP contribution in [0.3, 0.4) is 0 Å². The van der Waals surface area contributed by atoms with Crippen LogP contribution in [0, 0.1) is 5.92 Å². The highest BCUT2D eigenvalue weighted by Crippen LogP contribution is 2.26. The summed E-state index contributed by atoms with van der Waals surface area (Å²) in [5.41, 5.74) is -0.601. The molecule has 0 aliphatic heterocycles. The van der Waals surface area contributed by atoms with Crippen LogP contribution in [0.4, 0.5) is 0 Å². The number of ketones is 1. The van der Waals surface area contributed by atoms with Gasteiger partial charge in [-0.25, -0.2) is 0 Å². The Bertz CT molecular complexity index is 213. The Morgan fingerprint density at radius 2 is 1.73 bits per heavy atom. The molecule has 0 radical (unpaired) electrons.